The summed E-state index contributed by atoms with van der Waals surface area (Å²) < 4.78 is 34.2. The Morgan fingerprint density at radius 3 is 2.20 bits per heavy atom. The van der Waals surface area contributed by atoms with Gasteiger partial charge >= 0.3 is 5.51 Å². The van der Waals surface area contributed by atoms with E-state index < -0.39 is 5.51 Å². The second-order valence-electron chi connectivity index (χ2n) is 1.69. The zero-order chi connectivity index (χ0) is 8.04. The van der Waals surface area contributed by atoms with Gasteiger partial charge in [-0.2, -0.15) is 13.2 Å². The molecule has 62 valence electrons. The fraction of sp³-hybridized carbons (Fsp3) is 1.00. The average Bonchev–Trinajstić information content (AvgIpc) is 1.78. The third kappa shape index (κ3) is 8.43. The van der Waals surface area contributed by atoms with Gasteiger partial charge in [0.2, 0.25) is 0 Å². The van der Waals surface area contributed by atoms with E-state index in [4.69, 9.17) is 11.6 Å². The number of halogens is 4. The van der Waals surface area contributed by atoms with E-state index in [0.717, 1.165) is 0 Å². The van der Waals surface area contributed by atoms with Gasteiger partial charge in [0.05, 0.1) is 0 Å². The lowest BCUT2D eigenvalue weighted by atomic mass is 10.4. The van der Waals surface area contributed by atoms with Crippen LogP contribution in [0, 0.1) is 0 Å². The largest absolute Gasteiger partial charge is 0.441 e. The highest BCUT2D eigenvalue weighted by Gasteiger charge is 2.27. The molecule has 0 saturated carbocycles. The van der Waals surface area contributed by atoms with Crippen molar-refractivity contribution in [2.24, 2.45) is 0 Å². The molecule has 0 aromatic heterocycles. The highest BCUT2D eigenvalue weighted by molar-refractivity contribution is 8.00. The molecule has 0 fully saturated rings. The Bertz CT molecular complexity index is 83.5. The number of alkyl halides is 4. The van der Waals surface area contributed by atoms with Crippen LogP contribution in [0.4, 0.5) is 13.2 Å². The van der Waals surface area contributed by atoms with Crippen LogP contribution in [0.15, 0.2) is 0 Å². The molecule has 0 amide bonds. The highest BCUT2D eigenvalue weighted by Crippen LogP contribution is 2.30. The van der Waals surface area contributed by atoms with Crippen molar-refractivity contribution in [3.05, 3.63) is 0 Å². The van der Waals surface area contributed by atoms with Gasteiger partial charge in [0.25, 0.3) is 0 Å². The van der Waals surface area contributed by atoms with Crippen LogP contribution >= 0.6 is 23.4 Å². The van der Waals surface area contributed by atoms with E-state index in [2.05, 4.69) is 0 Å². The lowest BCUT2D eigenvalue weighted by Gasteiger charge is -2.03. The van der Waals surface area contributed by atoms with Gasteiger partial charge in [0.1, 0.15) is 0 Å². The Morgan fingerprint density at radius 2 is 1.80 bits per heavy atom. The van der Waals surface area contributed by atoms with Gasteiger partial charge < -0.3 is 0 Å². The molecule has 0 aliphatic heterocycles. The van der Waals surface area contributed by atoms with Crippen molar-refractivity contribution >= 4 is 23.4 Å². The molecular weight excluding hydrogens is 185 g/mol. The summed E-state index contributed by atoms with van der Waals surface area (Å²) in [5.41, 5.74) is -4.08. The molecule has 0 N–H and O–H groups in total. The molecule has 0 saturated heterocycles. The standard InChI is InChI=1S/C5H8ClF3S/c6-3-1-2-4-10-5(7,8)9/h1-4H2. The van der Waals surface area contributed by atoms with Crippen molar-refractivity contribution in [3.8, 4) is 0 Å². The molecule has 0 spiro atoms. The first-order valence-corrected chi connectivity index (χ1v) is 4.35. The van der Waals surface area contributed by atoms with Gasteiger partial charge in [-0.05, 0) is 12.8 Å². The van der Waals surface area contributed by atoms with Crippen molar-refractivity contribution in [1.29, 1.82) is 0 Å². The van der Waals surface area contributed by atoms with Crippen LogP contribution in [0.2, 0.25) is 0 Å². The Hall–Kier alpha value is 0.430. The molecule has 0 atom stereocenters. The Balaban J connectivity index is 3.04. The van der Waals surface area contributed by atoms with Crippen molar-refractivity contribution in [1.82, 2.24) is 0 Å². The maximum atomic E-state index is 11.4. The molecule has 0 aromatic rings. The summed E-state index contributed by atoms with van der Waals surface area (Å²) >= 11 is 5.28. The SMILES string of the molecule is FC(F)(F)SCCCCCl. The van der Waals surface area contributed by atoms with Gasteiger partial charge in [0, 0.05) is 11.6 Å². The summed E-state index contributed by atoms with van der Waals surface area (Å²) in [6.45, 7) is 0. The van der Waals surface area contributed by atoms with Crippen molar-refractivity contribution in [3.63, 3.8) is 0 Å². The first kappa shape index (κ1) is 10.4. The lowest BCUT2D eigenvalue weighted by Crippen LogP contribution is -2.01. The summed E-state index contributed by atoms with van der Waals surface area (Å²) in [5.74, 6) is 0.564. The number of thioether (sulfide) groups is 1. The zero-order valence-electron chi connectivity index (χ0n) is 5.25. The topological polar surface area (TPSA) is 0 Å². The number of rotatable bonds is 4. The number of hydrogen-bond acceptors (Lipinski definition) is 1. The summed E-state index contributed by atoms with van der Waals surface area (Å²) in [7, 11) is 0. The molecule has 0 radical (unpaired) electrons. The molecule has 5 heteroatoms. The van der Waals surface area contributed by atoms with Gasteiger partial charge in [-0.15, -0.1) is 11.6 Å². The van der Waals surface area contributed by atoms with Crippen LogP contribution in [0.5, 0.6) is 0 Å². The Morgan fingerprint density at radius 1 is 1.20 bits per heavy atom. The highest BCUT2D eigenvalue weighted by atomic mass is 35.5. The van der Waals surface area contributed by atoms with Crippen molar-refractivity contribution < 1.29 is 13.2 Å². The molecule has 10 heavy (non-hydrogen) atoms. The first-order valence-electron chi connectivity index (χ1n) is 2.83. The predicted molar refractivity (Wildman–Crippen MR) is 38.5 cm³/mol. The minimum atomic E-state index is -4.08. The molecule has 0 rings (SSSR count). The zero-order valence-corrected chi connectivity index (χ0v) is 6.82. The van der Waals surface area contributed by atoms with E-state index in [1.807, 2.05) is 0 Å². The second-order valence-corrected chi connectivity index (χ2v) is 3.23. The predicted octanol–water partition coefficient (Wildman–Crippen LogP) is 3.26. The molecular formula is C5H8ClF3S. The monoisotopic (exact) mass is 192 g/mol. The van der Waals surface area contributed by atoms with Crippen molar-refractivity contribution in [2.45, 2.75) is 18.3 Å². The molecule has 0 aliphatic rings. The van der Waals surface area contributed by atoms with Gasteiger partial charge in [-0.3, -0.25) is 0 Å². The smallest absolute Gasteiger partial charge is 0.160 e. The third-order valence-corrected chi connectivity index (χ3v) is 1.88. The summed E-state index contributed by atoms with van der Waals surface area (Å²) in [5, 5.41) is 0. The lowest BCUT2D eigenvalue weighted by molar-refractivity contribution is -0.0327. The van der Waals surface area contributed by atoms with E-state index in [9.17, 15) is 13.2 Å². The van der Waals surface area contributed by atoms with Crippen LogP contribution in [-0.4, -0.2) is 17.1 Å². The normalized spacial score (nSPS) is 12.0. The third-order valence-electron chi connectivity index (χ3n) is 0.794. The summed E-state index contributed by atoms with van der Waals surface area (Å²) in [6.07, 6.45) is 1.19. The molecule has 0 aromatic carbocycles. The molecule has 0 unspecified atom stereocenters. The van der Waals surface area contributed by atoms with Gasteiger partial charge in [-0.1, -0.05) is 11.8 Å². The van der Waals surface area contributed by atoms with E-state index in [0.29, 0.717) is 18.7 Å². The number of unbranched alkanes of at least 4 members (excludes halogenated alkanes) is 1. The first-order chi connectivity index (χ1) is 4.56. The molecule has 0 bridgehead atoms. The Kier molecular flexibility index (Phi) is 5.35. The number of hydrogen-bond donors (Lipinski definition) is 0. The fourth-order valence-corrected chi connectivity index (χ4v) is 1.15. The van der Waals surface area contributed by atoms with E-state index in [1.54, 1.807) is 0 Å². The molecule has 0 heterocycles. The average molecular weight is 193 g/mol. The van der Waals surface area contributed by atoms with Gasteiger partial charge in [0.15, 0.2) is 0 Å². The summed E-state index contributed by atoms with van der Waals surface area (Å²) in [6, 6.07) is 0. The van der Waals surface area contributed by atoms with Crippen LogP contribution in [0.3, 0.4) is 0 Å². The molecule has 0 nitrogen and oxygen atoms in total. The maximum Gasteiger partial charge on any atom is 0.441 e. The van der Waals surface area contributed by atoms with Crippen LogP contribution < -0.4 is 0 Å². The van der Waals surface area contributed by atoms with Crippen LogP contribution in [0.25, 0.3) is 0 Å². The minimum absolute atomic E-state index is 0.0149. The second kappa shape index (κ2) is 5.13. The van der Waals surface area contributed by atoms with E-state index in [1.165, 1.54) is 0 Å². The summed E-state index contributed by atoms with van der Waals surface area (Å²) in [4.78, 5) is 0. The van der Waals surface area contributed by atoms with Gasteiger partial charge in [-0.25, -0.2) is 0 Å². The van der Waals surface area contributed by atoms with E-state index >= 15 is 0 Å². The van der Waals surface area contributed by atoms with E-state index in [-0.39, 0.29) is 17.5 Å². The fourth-order valence-electron chi connectivity index (χ4n) is 0.384. The molecule has 0 aliphatic carbocycles. The van der Waals surface area contributed by atoms with Crippen molar-refractivity contribution in [2.75, 3.05) is 11.6 Å². The van der Waals surface area contributed by atoms with Crippen LogP contribution in [0.1, 0.15) is 12.8 Å². The maximum absolute atomic E-state index is 11.4. The van der Waals surface area contributed by atoms with Crippen LogP contribution in [-0.2, 0) is 0 Å². The minimum Gasteiger partial charge on any atom is -0.160 e. The Labute approximate surface area is 67.1 Å². The quantitative estimate of drug-likeness (QED) is 0.487.